The Morgan fingerprint density at radius 3 is 2.39 bits per heavy atom. The van der Waals surface area contributed by atoms with E-state index in [1.165, 1.54) is 4.90 Å². The van der Waals surface area contributed by atoms with Gasteiger partial charge in [-0.1, -0.05) is 55.1 Å². The maximum atomic E-state index is 13.5. The molecule has 15 heteroatoms. The first-order valence-electron chi connectivity index (χ1n) is 21.4. The van der Waals surface area contributed by atoms with Gasteiger partial charge in [0.25, 0.3) is 5.91 Å². The molecule has 0 bridgehead atoms. The van der Waals surface area contributed by atoms with Crippen LogP contribution < -0.4 is 10.2 Å². The molecule has 4 aliphatic heterocycles. The molecule has 4 amide bonds. The zero-order valence-corrected chi connectivity index (χ0v) is 34.9. The number of amides is 4. The van der Waals surface area contributed by atoms with Gasteiger partial charge in [-0.05, 0) is 87.5 Å². The number of carbonyl (C=O) groups excluding carboxylic acids is 4. The maximum absolute atomic E-state index is 13.5. The van der Waals surface area contributed by atoms with E-state index in [4.69, 9.17) is 21.7 Å². The number of unbranched alkanes of at least 4 members (excludes halogenated alkanes) is 4. The fourth-order valence-electron chi connectivity index (χ4n) is 9.42. The Morgan fingerprint density at radius 2 is 1.61 bits per heavy atom. The molecule has 10 rings (SSSR count). The first-order chi connectivity index (χ1) is 29.7. The Balaban J connectivity index is 0.709. The average molecular weight is 839 g/mol. The monoisotopic (exact) mass is 838 g/mol. The van der Waals surface area contributed by atoms with E-state index >= 15 is 0 Å². The summed E-state index contributed by atoms with van der Waals surface area (Å²) in [4.78, 5) is 61.9. The van der Waals surface area contributed by atoms with Gasteiger partial charge in [0.15, 0.2) is 5.82 Å². The lowest BCUT2D eigenvalue weighted by molar-refractivity contribution is -0.137. The number of hydrogen-bond acceptors (Lipinski definition) is 9. The lowest BCUT2D eigenvalue weighted by Gasteiger charge is -2.35. The van der Waals surface area contributed by atoms with Gasteiger partial charge in [0.05, 0.1) is 24.1 Å². The van der Waals surface area contributed by atoms with E-state index in [0.29, 0.717) is 30.1 Å². The van der Waals surface area contributed by atoms with Gasteiger partial charge in [-0.25, -0.2) is 0 Å². The molecular weight excluding hydrogens is 792 g/mol. The van der Waals surface area contributed by atoms with Crippen LogP contribution >= 0.6 is 11.6 Å². The van der Waals surface area contributed by atoms with Gasteiger partial charge in [-0.3, -0.25) is 43.6 Å². The largest absolute Gasteiger partial charge is 0.322 e. The van der Waals surface area contributed by atoms with Crippen molar-refractivity contribution < 1.29 is 19.2 Å². The molecule has 3 fully saturated rings. The number of halogens is 1. The number of benzene rings is 3. The van der Waals surface area contributed by atoms with Crippen LogP contribution in [0.2, 0.25) is 5.02 Å². The van der Waals surface area contributed by atoms with Gasteiger partial charge in [-0.2, -0.15) is 5.10 Å². The fourth-order valence-corrected chi connectivity index (χ4v) is 9.55. The Hall–Kier alpha value is -5.99. The lowest BCUT2D eigenvalue weighted by Crippen LogP contribution is -2.52. The van der Waals surface area contributed by atoms with Crippen LogP contribution in [0.5, 0.6) is 0 Å². The second-order valence-corrected chi connectivity index (χ2v) is 17.4. The quantitative estimate of drug-likeness (QED) is 0.119. The normalized spacial score (nSPS) is 19.4. The highest BCUT2D eigenvalue weighted by Gasteiger charge is 2.51. The van der Waals surface area contributed by atoms with Crippen molar-refractivity contribution >= 4 is 46.6 Å². The van der Waals surface area contributed by atoms with Crippen molar-refractivity contribution in [1.82, 2.24) is 39.7 Å². The minimum absolute atomic E-state index is 0.0116. The Morgan fingerprint density at radius 1 is 0.820 bits per heavy atom. The number of carbonyl (C=O) groups is 4. The van der Waals surface area contributed by atoms with Gasteiger partial charge in [0.1, 0.15) is 17.4 Å². The molecule has 3 aromatic carbocycles. The number of rotatable bonds is 12. The SMILES string of the molecule is Cc1nnc2n1-c1ccc(-c3cnn(CCCCCCCN4CCN(c5cccc6c5CN(C5CCC(=O)NC5=O)C6=O)C(=O)C4)c3)cc1C(c1ccc(Cl)cc1)=NC21CC1. The number of nitrogens with one attached hydrogen (secondary N) is 1. The van der Waals surface area contributed by atoms with E-state index in [1.807, 2.05) is 48.1 Å². The first-order valence-corrected chi connectivity index (χ1v) is 21.8. The number of aliphatic imine (C=N–C) groups is 1. The van der Waals surface area contributed by atoms with E-state index in [1.54, 1.807) is 17.0 Å². The number of hydrogen-bond donors (Lipinski definition) is 1. The third kappa shape index (κ3) is 7.35. The van der Waals surface area contributed by atoms with E-state index in [2.05, 4.69) is 49.4 Å². The molecule has 5 aromatic rings. The number of nitrogens with zero attached hydrogens (tertiary/aromatic N) is 9. The lowest BCUT2D eigenvalue weighted by atomic mass is 9.96. The number of fused-ring (bicyclic) bond motifs is 5. The zero-order valence-electron chi connectivity index (χ0n) is 34.1. The van der Waals surface area contributed by atoms with E-state index in [0.717, 1.165) is 121 Å². The van der Waals surface area contributed by atoms with Crippen molar-refractivity contribution in [3.63, 3.8) is 0 Å². The van der Waals surface area contributed by atoms with Crippen LogP contribution in [0.1, 0.15) is 96.5 Å². The van der Waals surface area contributed by atoms with Gasteiger partial charge < -0.3 is 9.80 Å². The Labute approximate surface area is 358 Å². The number of piperazine rings is 1. The highest BCUT2D eigenvalue weighted by molar-refractivity contribution is 6.30. The Kier molecular flexibility index (Phi) is 10.1. The molecule has 14 nitrogen and oxygen atoms in total. The molecule has 312 valence electrons. The summed E-state index contributed by atoms with van der Waals surface area (Å²) in [6.45, 7) is 5.57. The summed E-state index contributed by atoms with van der Waals surface area (Å²) in [6.07, 6.45) is 11.8. The first kappa shape index (κ1) is 39.2. The molecule has 1 atom stereocenters. The molecule has 1 N–H and O–H groups in total. The maximum Gasteiger partial charge on any atom is 0.255 e. The number of imide groups is 1. The van der Waals surface area contributed by atoms with Crippen LogP contribution in [-0.2, 0) is 33.0 Å². The molecule has 1 unspecified atom stereocenters. The smallest absolute Gasteiger partial charge is 0.255 e. The second-order valence-electron chi connectivity index (χ2n) is 16.9. The van der Waals surface area contributed by atoms with Crippen LogP contribution in [0.3, 0.4) is 0 Å². The molecule has 5 aliphatic rings. The highest BCUT2D eigenvalue weighted by atomic mass is 35.5. The van der Waals surface area contributed by atoms with Gasteiger partial charge in [0, 0.05) is 77.3 Å². The molecule has 1 aliphatic carbocycles. The summed E-state index contributed by atoms with van der Waals surface area (Å²) in [6, 6.07) is 19.2. The van der Waals surface area contributed by atoms with Crippen LogP contribution in [0.15, 0.2) is 78.0 Å². The Bertz CT molecular complexity index is 2610. The molecule has 0 radical (unpaired) electrons. The van der Waals surface area contributed by atoms with E-state index in [-0.39, 0.29) is 36.2 Å². The number of aromatic nitrogens is 5. The summed E-state index contributed by atoms with van der Waals surface area (Å²) in [5.41, 5.74) is 7.80. The zero-order chi connectivity index (χ0) is 41.8. The molecular formula is C46H47ClN10O4. The fraction of sp³-hybridized carbons (Fsp3) is 0.391. The van der Waals surface area contributed by atoms with Crippen LogP contribution in [0, 0.1) is 6.92 Å². The topological polar surface area (TPSA) is 151 Å². The van der Waals surface area contributed by atoms with Crippen LogP contribution in [0.25, 0.3) is 16.8 Å². The third-order valence-electron chi connectivity index (χ3n) is 12.9. The highest BCUT2D eigenvalue weighted by Crippen LogP contribution is 2.52. The third-order valence-corrected chi connectivity index (χ3v) is 13.1. The molecule has 61 heavy (non-hydrogen) atoms. The predicted molar refractivity (Wildman–Crippen MR) is 230 cm³/mol. The average Bonchev–Trinajstić information content (AvgIpc) is 3.53. The molecule has 1 saturated carbocycles. The van der Waals surface area contributed by atoms with Crippen LogP contribution in [0.4, 0.5) is 5.69 Å². The van der Waals surface area contributed by atoms with Crippen molar-refractivity contribution in [3.8, 4) is 16.8 Å². The standard InChI is InChI=1S/C46H47ClN10O4/c1-29-51-52-45-46(18-19-46)50-42(30-10-13-33(47)14-11-30)35-24-31(12-15-38(35)57(29)45)32-25-48-54(26-32)21-6-4-2-3-5-20-53-22-23-55(41(59)28-53)37-9-7-8-34-36(37)27-56(44(34)61)39-16-17-40(58)49-43(39)60/h7-15,24-26,39H,2-6,16-23,27-28H2,1H3,(H,49,58,60). The summed E-state index contributed by atoms with van der Waals surface area (Å²) < 4.78 is 4.21. The minimum atomic E-state index is -0.690. The molecule has 2 aromatic heterocycles. The minimum Gasteiger partial charge on any atom is -0.322 e. The van der Waals surface area contributed by atoms with E-state index in [9.17, 15) is 19.2 Å². The van der Waals surface area contributed by atoms with E-state index < -0.39 is 11.9 Å². The van der Waals surface area contributed by atoms with Crippen molar-refractivity contribution in [2.45, 2.75) is 89.4 Å². The second kappa shape index (κ2) is 15.8. The van der Waals surface area contributed by atoms with Crippen LogP contribution in [-0.4, -0.2) is 95.9 Å². The molecule has 1 spiro atoms. The summed E-state index contributed by atoms with van der Waals surface area (Å²) in [5.74, 6) is 0.770. The number of anilines is 1. The van der Waals surface area contributed by atoms with Crippen molar-refractivity contribution in [2.75, 3.05) is 31.1 Å². The van der Waals surface area contributed by atoms with Gasteiger partial charge >= 0.3 is 0 Å². The summed E-state index contributed by atoms with van der Waals surface area (Å²) in [7, 11) is 0. The number of aryl methyl sites for hydroxylation is 2. The predicted octanol–water partition coefficient (Wildman–Crippen LogP) is 5.99. The van der Waals surface area contributed by atoms with Gasteiger partial charge in [0.2, 0.25) is 17.7 Å². The van der Waals surface area contributed by atoms with Gasteiger partial charge in [-0.15, -0.1) is 10.2 Å². The molecule has 6 heterocycles. The molecule has 2 saturated heterocycles. The number of piperidine rings is 1. The van der Waals surface area contributed by atoms with Crippen molar-refractivity contribution in [1.29, 1.82) is 0 Å². The van der Waals surface area contributed by atoms with Crippen molar-refractivity contribution in [3.05, 3.63) is 112 Å². The summed E-state index contributed by atoms with van der Waals surface area (Å²) in [5, 5.41) is 16.8. The van der Waals surface area contributed by atoms with Crippen molar-refractivity contribution in [2.24, 2.45) is 4.99 Å². The summed E-state index contributed by atoms with van der Waals surface area (Å²) >= 11 is 6.29.